The Morgan fingerprint density at radius 3 is 2.36 bits per heavy atom. The minimum Gasteiger partial charge on any atom is -0.351 e. The summed E-state index contributed by atoms with van der Waals surface area (Å²) in [4.78, 5) is 13.8. The van der Waals surface area contributed by atoms with Crippen LogP contribution in [-0.4, -0.2) is 31.4 Å². The Kier molecular flexibility index (Phi) is 4.34. The molecule has 0 saturated heterocycles. The van der Waals surface area contributed by atoms with E-state index in [0.29, 0.717) is 5.69 Å². The topological polar surface area (TPSA) is 106 Å². The molecule has 2 rings (SSSR count). The number of aromatic nitrogens is 1. The second-order valence-electron chi connectivity index (χ2n) is 5.04. The molecule has 1 unspecified atom stereocenters. The minimum atomic E-state index is -3.73. The number of carbonyl (C=O) groups is 1. The highest BCUT2D eigenvalue weighted by Crippen LogP contribution is 2.22. The Hall–Kier alpha value is -2.19. The standard InChI is InChI=1S/C14H17N3O4S/c1-9-8-13(21-16-9)14(18)17(3)10(2)11-4-6-12(7-5-11)22(15,19)20/h4-8,10H,1-3H3,(H2,15,19,20). The van der Waals surface area contributed by atoms with Gasteiger partial charge in [0.25, 0.3) is 5.91 Å². The summed E-state index contributed by atoms with van der Waals surface area (Å²) >= 11 is 0. The van der Waals surface area contributed by atoms with Crippen LogP contribution < -0.4 is 5.14 Å². The molecular weight excluding hydrogens is 306 g/mol. The molecule has 0 aliphatic carbocycles. The number of primary sulfonamides is 1. The van der Waals surface area contributed by atoms with Crippen LogP contribution in [0.2, 0.25) is 0 Å². The van der Waals surface area contributed by atoms with Gasteiger partial charge in [0.1, 0.15) is 0 Å². The van der Waals surface area contributed by atoms with E-state index in [1.165, 1.54) is 17.0 Å². The molecule has 2 N–H and O–H groups in total. The largest absolute Gasteiger partial charge is 0.351 e. The number of hydrogen-bond donors (Lipinski definition) is 1. The van der Waals surface area contributed by atoms with Crippen LogP contribution in [0.25, 0.3) is 0 Å². The normalized spacial score (nSPS) is 12.9. The number of benzene rings is 1. The van der Waals surface area contributed by atoms with E-state index in [0.717, 1.165) is 5.56 Å². The minimum absolute atomic E-state index is 0.0308. The summed E-state index contributed by atoms with van der Waals surface area (Å²) in [6, 6.07) is 7.37. The maximum atomic E-state index is 12.3. The van der Waals surface area contributed by atoms with Gasteiger partial charge in [-0.3, -0.25) is 4.79 Å². The van der Waals surface area contributed by atoms with E-state index < -0.39 is 10.0 Å². The fraction of sp³-hybridized carbons (Fsp3) is 0.286. The van der Waals surface area contributed by atoms with Crippen molar-refractivity contribution in [3.8, 4) is 0 Å². The van der Waals surface area contributed by atoms with E-state index in [-0.39, 0.29) is 22.6 Å². The molecule has 1 heterocycles. The third-order valence-corrected chi connectivity index (χ3v) is 4.36. The lowest BCUT2D eigenvalue weighted by molar-refractivity contribution is 0.0700. The van der Waals surface area contributed by atoms with E-state index in [1.807, 2.05) is 6.92 Å². The quantitative estimate of drug-likeness (QED) is 0.916. The van der Waals surface area contributed by atoms with Crippen LogP contribution in [0.1, 0.15) is 34.8 Å². The van der Waals surface area contributed by atoms with Crippen LogP contribution in [0, 0.1) is 6.92 Å². The van der Waals surface area contributed by atoms with Crippen molar-refractivity contribution in [1.29, 1.82) is 0 Å². The summed E-state index contributed by atoms with van der Waals surface area (Å²) in [6.45, 7) is 3.56. The second-order valence-corrected chi connectivity index (χ2v) is 6.60. The van der Waals surface area contributed by atoms with Gasteiger partial charge in [-0.05, 0) is 31.5 Å². The van der Waals surface area contributed by atoms with Crippen molar-refractivity contribution in [2.24, 2.45) is 5.14 Å². The fourth-order valence-electron chi connectivity index (χ4n) is 1.97. The molecular formula is C14H17N3O4S. The SMILES string of the molecule is Cc1cc(C(=O)N(C)C(C)c2ccc(S(N)(=O)=O)cc2)on1. The number of amides is 1. The zero-order valence-electron chi connectivity index (χ0n) is 12.5. The zero-order valence-corrected chi connectivity index (χ0v) is 13.3. The lowest BCUT2D eigenvalue weighted by Crippen LogP contribution is -2.29. The molecule has 1 aromatic carbocycles. The van der Waals surface area contributed by atoms with Crippen molar-refractivity contribution in [2.75, 3.05) is 7.05 Å². The van der Waals surface area contributed by atoms with Crippen molar-refractivity contribution in [3.05, 3.63) is 47.3 Å². The summed E-state index contributed by atoms with van der Waals surface area (Å²) in [5.74, 6) is -0.142. The van der Waals surface area contributed by atoms with Gasteiger partial charge >= 0.3 is 0 Å². The Bertz CT molecular complexity index is 781. The van der Waals surface area contributed by atoms with Gasteiger partial charge in [0, 0.05) is 13.1 Å². The Morgan fingerprint density at radius 2 is 1.91 bits per heavy atom. The molecule has 0 fully saturated rings. The molecule has 8 heteroatoms. The van der Waals surface area contributed by atoms with Crippen LogP contribution in [0.5, 0.6) is 0 Å². The molecule has 0 spiro atoms. The fourth-order valence-corrected chi connectivity index (χ4v) is 2.49. The summed E-state index contributed by atoms with van der Waals surface area (Å²) in [6.07, 6.45) is 0. The van der Waals surface area contributed by atoms with Gasteiger partial charge in [0.15, 0.2) is 0 Å². The highest BCUT2D eigenvalue weighted by molar-refractivity contribution is 7.89. The molecule has 1 amide bonds. The van der Waals surface area contributed by atoms with Gasteiger partial charge in [0.2, 0.25) is 15.8 Å². The molecule has 22 heavy (non-hydrogen) atoms. The van der Waals surface area contributed by atoms with Gasteiger partial charge in [-0.25, -0.2) is 13.6 Å². The van der Waals surface area contributed by atoms with Crippen molar-refractivity contribution < 1.29 is 17.7 Å². The summed E-state index contributed by atoms with van der Waals surface area (Å²) in [7, 11) is -2.09. The Balaban J connectivity index is 2.20. The van der Waals surface area contributed by atoms with E-state index in [1.54, 1.807) is 32.2 Å². The first-order chi connectivity index (χ1) is 10.2. The van der Waals surface area contributed by atoms with Gasteiger partial charge in [-0.1, -0.05) is 17.3 Å². The average molecular weight is 323 g/mol. The maximum absolute atomic E-state index is 12.3. The molecule has 118 valence electrons. The van der Waals surface area contributed by atoms with E-state index in [4.69, 9.17) is 9.66 Å². The predicted molar refractivity (Wildman–Crippen MR) is 79.6 cm³/mol. The second kappa shape index (κ2) is 5.90. The molecule has 7 nitrogen and oxygen atoms in total. The molecule has 1 aromatic heterocycles. The van der Waals surface area contributed by atoms with Crippen LogP contribution in [0.3, 0.4) is 0 Å². The zero-order chi connectivity index (χ0) is 16.5. The van der Waals surface area contributed by atoms with E-state index in [2.05, 4.69) is 5.16 Å². The maximum Gasteiger partial charge on any atom is 0.292 e. The monoisotopic (exact) mass is 323 g/mol. The van der Waals surface area contributed by atoms with E-state index in [9.17, 15) is 13.2 Å². The highest BCUT2D eigenvalue weighted by Gasteiger charge is 2.22. The average Bonchev–Trinajstić information content (AvgIpc) is 2.90. The molecule has 1 atom stereocenters. The van der Waals surface area contributed by atoms with Gasteiger partial charge in [-0.15, -0.1) is 0 Å². The lowest BCUT2D eigenvalue weighted by atomic mass is 10.1. The van der Waals surface area contributed by atoms with Crippen molar-refractivity contribution in [3.63, 3.8) is 0 Å². The number of carbonyl (C=O) groups excluding carboxylic acids is 1. The molecule has 0 radical (unpaired) electrons. The summed E-state index contributed by atoms with van der Waals surface area (Å²) in [5, 5.41) is 8.75. The number of sulfonamides is 1. The number of nitrogens with two attached hydrogens (primary N) is 1. The number of aryl methyl sites for hydroxylation is 1. The van der Waals surface area contributed by atoms with Crippen molar-refractivity contribution in [2.45, 2.75) is 24.8 Å². The molecule has 2 aromatic rings. The number of hydrogen-bond acceptors (Lipinski definition) is 5. The Labute approximate surface area is 128 Å². The first-order valence-corrected chi connectivity index (χ1v) is 8.08. The molecule has 0 aliphatic rings. The summed E-state index contributed by atoms with van der Waals surface area (Å²) < 4.78 is 27.4. The first kappa shape index (κ1) is 16.2. The predicted octanol–water partition coefficient (Wildman–Crippen LogP) is 1.46. The Morgan fingerprint density at radius 1 is 1.32 bits per heavy atom. The smallest absolute Gasteiger partial charge is 0.292 e. The molecule has 0 bridgehead atoms. The van der Waals surface area contributed by atoms with Crippen LogP contribution in [-0.2, 0) is 10.0 Å². The summed E-state index contributed by atoms with van der Waals surface area (Å²) in [5.41, 5.74) is 1.40. The highest BCUT2D eigenvalue weighted by atomic mass is 32.2. The number of nitrogens with zero attached hydrogens (tertiary/aromatic N) is 2. The van der Waals surface area contributed by atoms with Gasteiger partial charge in [-0.2, -0.15) is 0 Å². The van der Waals surface area contributed by atoms with Crippen molar-refractivity contribution >= 4 is 15.9 Å². The van der Waals surface area contributed by atoms with Gasteiger partial charge < -0.3 is 9.42 Å². The molecule has 0 aliphatic heterocycles. The van der Waals surface area contributed by atoms with Crippen molar-refractivity contribution in [1.82, 2.24) is 10.1 Å². The van der Waals surface area contributed by atoms with Gasteiger partial charge in [0.05, 0.1) is 16.6 Å². The molecule has 0 saturated carbocycles. The third kappa shape index (κ3) is 3.34. The van der Waals surface area contributed by atoms with Crippen LogP contribution in [0.15, 0.2) is 39.8 Å². The number of rotatable bonds is 4. The lowest BCUT2D eigenvalue weighted by Gasteiger charge is -2.24. The third-order valence-electron chi connectivity index (χ3n) is 3.43. The van der Waals surface area contributed by atoms with E-state index >= 15 is 0 Å². The van der Waals surface area contributed by atoms with Crippen LogP contribution in [0.4, 0.5) is 0 Å². The first-order valence-electron chi connectivity index (χ1n) is 6.53. The van der Waals surface area contributed by atoms with Crippen LogP contribution >= 0.6 is 0 Å².